The highest BCUT2D eigenvalue weighted by Crippen LogP contribution is 2.37. The minimum Gasteiger partial charge on any atom is -0.325 e. The number of alkyl halides is 6. The minimum atomic E-state index is -5.10. The first kappa shape index (κ1) is 23.0. The number of aromatic nitrogens is 2. The van der Waals surface area contributed by atoms with Gasteiger partial charge in [-0.15, -0.1) is 0 Å². The number of anilines is 2. The normalized spacial score (nSPS) is 12.1. The first-order chi connectivity index (χ1) is 14.4. The SMILES string of the molecule is O=c1c(Cl)c(C(F)(F)F)nc(Nc2ccccc2C(F)(F)F)n1Cc1ccc(Cl)cc1. The Kier molecular flexibility index (Phi) is 6.24. The second-order valence-corrected chi connectivity index (χ2v) is 7.10. The third-order valence-corrected chi connectivity index (χ3v) is 4.71. The van der Waals surface area contributed by atoms with Crippen molar-refractivity contribution in [3.63, 3.8) is 0 Å². The van der Waals surface area contributed by atoms with Gasteiger partial charge in [-0.25, -0.2) is 4.98 Å². The molecular formula is C19H11Cl2F6N3O. The maximum Gasteiger partial charge on any atom is 0.435 e. The van der Waals surface area contributed by atoms with E-state index in [2.05, 4.69) is 10.3 Å². The lowest BCUT2D eigenvalue weighted by atomic mass is 10.1. The molecule has 0 bridgehead atoms. The lowest BCUT2D eigenvalue weighted by Crippen LogP contribution is -2.29. The van der Waals surface area contributed by atoms with Crippen LogP contribution >= 0.6 is 23.2 Å². The lowest BCUT2D eigenvalue weighted by molar-refractivity contribution is -0.141. The van der Waals surface area contributed by atoms with E-state index in [0.717, 1.165) is 18.2 Å². The van der Waals surface area contributed by atoms with Crippen molar-refractivity contribution in [2.45, 2.75) is 18.9 Å². The van der Waals surface area contributed by atoms with Crippen LogP contribution in [0.4, 0.5) is 38.0 Å². The van der Waals surface area contributed by atoms with Crippen LogP contribution in [0.1, 0.15) is 16.8 Å². The number of hydrogen-bond acceptors (Lipinski definition) is 3. The van der Waals surface area contributed by atoms with Gasteiger partial charge in [-0.05, 0) is 29.8 Å². The molecular weight excluding hydrogens is 471 g/mol. The molecule has 0 fully saturated rings. The molecule has 12 heteroatoms. The highest BCUT2D eigenvalue weighted by Gasteiger charge is 2.38. The molecule has 0 spiro atoms. The van der Waals surface area contributed by atoms with Crippen LogP contribution in [0.3, 0.4) is 0 Å². The summed E-state index contributed by atoms with van der Waals surface area (Å²) in [7, 11) is 0. The van der Waals surface area contributed by atoms with E-state index in [-0.39, 0.29) is 6.54 Å². The molecule has 0 saturated carbocycles. The summed E-state index contributed by atoms with van der Waals surface area (Å²) in [6.45, 7) is -0.322. The zero-order valence-electron chi connectivity index (χ0n) is 15.2. The zero-order chi connectivity index (χ0) is 23.0. The molecule has 0 radical (unpaired) electrons. The topological polar surface area (TPSA) is 46.9 Å². The Morgan fingerprint density at radius 1 is 0.903 bits per heavy atom. The highest BCUT2D eigenvalue weighted by molar-refractivity contribution is 6.31. The molecule has 3 aromatic rings. The van der Waals surface area contributed by atoms with Crippen molar-refractivity contribution in [1.82, 2.24) is 9.55 Å². The number of rotatable bonds is 4. The largest absolute Gasteiger partial charge is 0.435 e. The van der Waals surface area contributed by atoms with Gasteiger partial charge in [0.05, 0.1) is 17.8 Å². The molecule has 0 aliphatic heterocycles. The fourth-order valence-electron chi connectivity index (χ4n) is 2.69. The van der Waals surface area contributed by atoms with E-state index in [1.807, 2.05) is 0 Å². The minimum absolute atomic E-state index is 0.322. The van der Waals surface area contributed by atoms with E-state index >= 15 is 0 Å². The molecule has 0 saturated heterocycles. The predicted octanol–water partition coefficient (Wildman–Crippen LogP) is 6.38. The van der Waals surface area contributed by atoms with Gasteiger partial charge in [0.15, 0.2) is 5.69 Å². The predicted molar refractivity (Wildman–Crippen MR) is 104 cm³/mol. The van der Waals surface area contributed by atoms with Gasteiger partial charge in [-0.2, -0.15) is 26.3 Å². The van der Waals surface area contributed by atoms with Gasteiger partial charge in [0.1, 0.15) is 5.02 Å². The molecule has 1 heterocycles. The Balaban J connectivity index is 2.19. The maximum atomic E-state index is 13.3. The molecule has 4 nitrogen and oxygen atoms in total. The summed E-state index contributed by atoms with van der Waals surface area (Å²) >= 11 is 11.4. The molecule has 3 rings (SSSR count). The molecule has 0 aliphatic rings. The first-order valence-corrected chi connectivity index (χ1v) is 9.18. The molecule has 0 atom stereocenters. The average molecular weight is 482 g/mol. The van der Waals surface area contributed by atoms with E-state index in [9.17, 15) is 31.1 Å². The van der Waals surface area contributed by atoms with Gasteiger partial charge in [0.25, 0.3) is 5.56 Å². The van der Waals surface area contributed by atoms with E-state index in [0.29, 0.717) is 15.2 Å². The van der Waals surface area contributed by atoms with Crippen LogP contribution in [0.2, 0.25) is 10.0 Å². The van der Waals surface area contributed by atoms with Crippen LogP contribution in [0.15, 0.2) is 53.3 Å². The number of benzene rings is 2. The Hall–Kier alpha value is -2.72. The third kappa shape index (κ3) is 5.13. The summed E-state index contributed by atoms with van der Waals surface area (Å²) in [5.41, 5.74) is -4.28. The summed E-state index contributed by atoms with van der Waals surface area (Å²) in [5.74, 6) is -0.756. The summed E-state index contributed by atoms with van der Waals surface area (Å²) in [5, 5.41) is 1.38. The van der Waals surface area contributed by atoms with Gasteiger partial charge in [-0.3, -0.25) is 9.36 Å². The van der Waals surface area contributed by atoms with Crippen LogP contribution < -0.4 is 10.9 Å². The van der Waals surface area contributed by atoms with E-state index < -0.39 is 45.8 Å². The molecule has 0 unspecified atom stereocenters. The third-order valence-electron chi connectivity index (χ3n) is 4.12. The van der Waals surface area contributed by atoms with Gasteiger partial charge < -0.3 is 5.32 Å². The molecule has 1 N–H and O–H groups in total. The van der Waals surface area contributed by atoms with Crippen LogP contribution in [-0.2, 0) is 18.9 Å². The number of para-hydroxylation sites is 1. The Labute approximate surface area is 181 Å². The fraction of sp³-hybridized carbons (Fsp3) is 0.158. The molecule has 164 valence electrons. The molecule has 0 aliphatic carbocycles. The second kappa shape index (κ2) is 8.43. The lowest BCUT2D eigenvalue weighted by Gasteiger charge is -2.19. The van der Waals surface area contributed by atoms with Crippen molar-refractivity contribution in [3.8, 4) is 0 Å². The van der Waals surface area contributed by atoms with Gasteiger partial charge in [-0.1, -0.05) is 47.5 Å². The standard InChI is InChI=1S/C19H11Cl2F6N3O/c20-11-7-5-10(6-8-11)9-30-16(31)14(21)15(19(25,26)27)29-17(30)28-13-4-2-1-3-12(13)18(22,23)24/h1-8H,9H2,(H,28,29). The fourth-order valence-corrected chi connectivity index (χ4v) is 3.07. The van der Waals surface area contributed by atoms with E-state index in [1.54, 1.807) is 0 Å². The summed E-state index contributed by atoms with van der Waals surface area (Å²) in [6, 6.07) is 10.1. The Bertz CT molecular complexity index is 1160. The van der Waals surface area contributed by atoms with E-state index in [4.69, 9.17) is 23.2 Å². The molecule has 2 aromatic carbocycles. The molecule has 0 amide bonds. The summed E-state index contributed by atoms with van der Waals surface area (Å²) in [4.78, 5) is 15.9. The number of nitrogens with zero attached hydrogens (tertiary/aromatic N) is 2. The quantitative estimate of drug-likeness (QED) is 0.439. The van der Waals surface area contributed by atoms with Crippen molar-refractivity contribution >= 4 is 34.8 Å². The summed E-state index contributed by atoms with van der Waals surface area (Å²) in [6.07, 6.45) is -9.90. The molecule has 1 aromatic heterocycles. The first-order valence-electron chi connectivity index (χ1n) is 8.43. The van der Waals surface area contributed by atoms with Gasteiger partial charge in [0.2, 0.25) is 5.95 Å². The second-order valence-electron chi connectivity index (χ2n) is 6.28. The van der Waals surface area contributed by atoms with Crippen LogP contribution in [0, 0.1) is 0 Å². The maximum absolute atomic E-state index is 13.3. The van der Waals surface area contributed by atoms with Gasteiger partial charge >= 0.3 is 12.4 Å². The zero-order valence-corrected chi connectivity index (χ0v) is 16.7. The Morgan fingerprint density at radius 2 is 1.52 bits per heavy atom. The number of halogens is 8. The van der Waals surface area contributed by atoms with Crippen LogP contribution in [-0.4, -0.2) is 9.55 Å². The number of hydrogen-bond donors (Lipinski definition) is 1. The van der Waals surface area contributed by atoms with Crippen molar-refractivity contribution in [3.05, 3.63) is 85.8 Å². The van der Waals surface area contributed by atoms with Crippen LogP contribution in [0.25, 0.3) is 0 Å². The monoisotopic (exact) mass is 481 g/mol. The van der Waals surface area contributed by atoms with Crippen molar-refractivity contribution in [2.24, 2.45) is 0 Å². The Morgan fingerprint density at radius 3 is 2.10 bits per heavy atom. The van der Waals surface area contributed by atoms with E-state index in [1.165, 1.54) is 30.3 Å². The summed E-state index contributed by atoms with van der Waals surface area (Å²) < 4.78 is 80.5. The van der Waals surface area contributed by atoms with Crippen LogP contribution in [0.5, 0.6) is 0 Å². The highest BCUT2D eigenvalue weighted by atomic mass is 35.5. The van der Waals surface area contributed by atoms with Crippen molar-refractivity contribution in [2.75, 3.05) is 5.32 Å². The average Bonchev–Trinajstić information content (AvgIpc) is 2.67. The van der Waals surface area contributed by atoms with Crippen molar-refractivity contribution < 1.29 is 26.3 Å². The van der Waals surface area contributed by atoms with Crippen molar-refractivity contribution in [1.29, 1.82) is 0 Å². The van der Waals surface area contributed by atoms with Gasteiger partial charge in [0, 0.05) is 5.02 Å². The number of nitrogens with one attached hydrogen (secondary N) is 1. The smallest absolute Gasteiger partial charge is 0.325 e. The molecule has 31 heavy (non-hydrogen) atoms.